The van der Waals surface area contributed by atoms with E-state index < -0.39 is 0 Å². The Hall–Kier alpha value is -0.980. The summed E-state index contributed by atoms with van der Waals surface area (Å²) in [5, 5.41) is 3.22. The molecule has 5 nitrogen and oxygen atoms in total. The number of hydrogen-bond donors (Lipinski definition) is 0. The van der Waals surface area contributed by atoms with Crippen LogP contribution in [0.1, 0.15) is 31.2 Å². The fourth-order valence-electron chi connectivity index (χ4n) is 3.62. The molecule has 0 N–H and O–H groups in total. The Kier molecular flexibility index (Phi) is 4.80. The molecule has 1 saturated heterocycles. The van der Waals surface area contributed by atoms with Gasteiger partial charge in [0.15, 0.2) is 0 Å². The maximum atomic E-state index is 12.0. The number of nitrogens with zero attached hydrogens (tertiary/aromatic N) is 3. The van der Waals surface area contributed by atoms with E-state index in [-0.39, 0.29) is 12.5 Å². The number of hydrogen-bond acceptors (Lipinski definition) is 5. The van der Waals surface area contributed by atoms with Crippen molar-refractivity contribution in [3.8, 4) is 0 Å². The highest BCUT2D eigenvalue weighted by Gasteiger charge is 2.56. The van der Waals surface area contributed by atoms with Crippen molar-refractivity contribution in [3.63, 3.8) is 0 Å². The van der Waals surface area contributed by atoms with Gasteiger partial charge in [-0.2, -0.15) is 0 Å². The van der Waals surface area contributed by atoms with Crippen molar-refractivity contribution in [1.82, 2.24) is 14.8 Å². The molecular formula is C16H25N3O2S. The van der Waals surface area contributed by atoms with E-state index in [9.17, 15) is 4.79 Å². The minimum absolute atomic E-state index is 0.144. The zero-order valence-electron chi connectivity index (χ0n) is 13.5. The fourth-order valence-corrected chi connectivity index (χ4v) is 4.30. The molecule has 3 rings (SSSR count). The Labute approximate surface area is 136 Å². The second-order valence-corrected chi connectivity index (χ2v) is 7.42. The van der Waals surface area contributed by atoms with Crippen LogP contribution < -0.4 is 0 Å². The van der Waals surface area contributed by atoms with Gasteiger partial charge in [0, 0.05) is 37.3 Å². The Morgan fingerprint density at radius 3 is 2.95 bits per heavy atom. The number of carbonyl (C=O) groups is 1. The maximum Gasteiger partial charge on any atom is 0.248 e. The molecule has 1 aliphatic carbocycles. The van der Waals surface area contributed by atoms with Crippen LogP contribution in [-0.2, 0) is 16.1 Å². The van der Waals surface area contributed by atoms with Gasteiger partial charge in [-0.1, -0.05) is 0 Å². The first-order chi connectivity index (χ1) is 10.6. The van der Waals surface area contributed by atoms with Crippen LogP contribution in [0.5, 0.6) is 0 Å². The maximum absolute atomic E-state index is 12.0. The van der Waals surface area contributed by atoms with E-state index in [1.54, 1.807) is 11.3 Å². The van der Waals surface area contributed by atoms with Gasteiger partial charge in [0.1, 0.15) is 11.6 Å². The lowest BCUT2D eigenvalue weighted by molar-refractivity contribution is -0.137. The van der Waals surface area contributed by atoms with E-state index in [1.807, 2.05) is 23.4 Å². The third-order valence-electron chi connectivity index (χ3n) is 5.09. The van der Waals surface area contributed by atoms with E-state index in [1.165, 1.54) is 11.4 Å². The van der Waals surface area contributed by atoms with Gasteiger partial charge in [-0.3, -0.25) is 9.69 Å². The van der Waals surface area contributed by atoms with Gasteiger partial charge in [-0.25, -0.2) is 4.98 Å². The summed E-state index contributed by atoms with van der Waals surface area (Å²) in [6.07, 6.45) is 5.39. The zero-order valence-corrected chi connectivity index (χ0v) is 14.3. The Bertz CT molecular complexity index is 497. The lowest BCUT2D eigenvalue weighted by Crippen LogP contribution is -2.42. The van der Waals surface area contributed by atoms with Crippen molar-refractivity contribution >= 4 is 17.2 Å². The molecule has 2 aliphatic rings. The van der Waals surface area contributed by atoms with Gasteiger partial charge in [-0.05, 0) is 38.6 Å². The van der Waals surface area contributed by atoms with Crippen LogP contribution in [0.15, 0.2) is 11.6 Å². The van der Waals surface area contributed by atoms with Crippen LogP contribution in [0.3, 0.4) is 0 Å². The van der Waals surface area contributed by atoms with Crippen molar-refractivity contribution in [2.24, 2.45) is 5.41 Å². The normalized spacial score (nSPS) is 23.2. The van der Waals surface area contributed by atoms with Gasteiger partial charge < -0.3 is 9.64 Å². The molecule has 122 valence electrons. The summed E-state index contributed by atoms with van der Waals surface area (Å²) < 4.78 is 5.23. The number of ether oxygens (including phenoxy) is 1. The van der Waals surface area contributed by atoms with Crippen LogP contribution in [0.2, 0.25) is 0 Å². The van der Waals surface area contributed by atoms with E-state index in [2.05, 4.69) is 16.9 Å². The first-order valence-corrected chi connectivity index (χ1v) is 8.97. The number of piperidine rings is 1. The van der Waals surface area contributed by atoms with E-state index in [0.717, 1.165) is 32.5 Å². The highest BCUT2D eigenvalue weighted by molar-refractivity contribution is 7.09. The Balaban J connectivity index is 1.47. The molecule has 1 saturated carbocycles. The van der Waals surface area contributed by atoms with E-state index >= 15 is 0 Å². The van der Waals surface area contributed by atoms with E-state index in [4.69, 9.17) is 4.74 Å². The molecule has 1 aromatic rings. The van der Waals surface area contributed by atoms with Gasteiger partial charge in [0.25, 0.3) is 0 Å². The number of likely N-dealkylation sites (tertiary alicyclic amines) is 1. The predicted molar refractivity (Wildman–Crippen MR) is 86.7 cm³/mol. The number of carbonyl (C=O) groups excluding carboxylic acids is 1. The molecule has 2 heterocycles. The number of thiazole rings is 1. The third-order valence-corrected chi connectivity index (χ3v) is 5.85. The second-order valence-electron chi connectivity index (χ2n) is 6.44. The molecule has 1 atom stereocenters. The standard InChI is InChI=1S/C16H25N3O2S/c1-3-21-12-15(20)19-7-4-16(5-8-19)10-13(16)18(2)11-14-17-6-9-22-14/h6,9,13H,3-5,7-8,10-12H2,1-2H3/t13-/m0/s1. The van der Waals surface area contributed by atoms with Crippen molar-refractivity contribution in [2.75, 3.05) is 33.4 Å². The molecule has 0 unspecified atom stereocenters. The van der Waals surface area contributed by atoms with Crippen LogP contribution in [0.25, 0.3) is 0 Å². The molecule has 1 aromatic heterocycles. The molecule has 2 fully saturated rings. The summed E-state index contributed by atoms with van der Waals surface area (Å²) in [5.41, 5.74) is 0.439. The SMILES string of the molecule is CCOCC(=O)N1CCC2(CC1)C[C@@H]2N(C)Cc1nccs1. The second kappa shape index (κ2) is 6.64. The fraction of sp³-hybridized carbons (Fsp3) is 0.750. The summed E-state index contributed by atoms with van der Waals surface area (Å²) in [6, 6.07) is 0.653. The lowest BCUT2D eigenvalue weighted by Gasteiger charge is -2.34. The number of amides is 1. The summed E-state index contributed by atoms with van der Waals surface area (Å²) in [4.78, 5) is 20.8. The monoisotopic (exact) mass is 323 g/mol. The first kappa shape index (κ1) is 15.9. The molecular weight excluding hydrogens is 298 g/mol. The average Bonchev–Trinajstić information content (AvgIpc) is 2.97. The summed E-state index contributed by atoms with van der Waals surface area (Å²) in [6.45, 7) is 5.47. The van der Waals surface area contributed by atoms with E-state index in [0.29, 0.717) is 18.1 Å². The van der Waals surface area contributed by atoms with Crippen molar-refractivity contribution in [2.45, 2.75) is 38.8 Å². The topological polar surface area (TPSA) is 45.7 Å². The van der Waals surface area contributed by atoms with Crippen molar-refractivity contribution in [3.05, 3.63) is 16.6 Å². The number of aromatic nitrogens is 1. The van der Waals surface area contributed by atoms with Gasteiger partial charge in [-0.15, -0.1) is 11.3 Å². The van der Waals surface area contributed by atoms with Crippen LogP contribution in [0, 0.1) is 5.41 Å². The van der Waals surface area contributed by atoms with Crippen molar-refractivity contribution in [1.29, 1.82) is 0 Å². The quantitative estimate of drug-likeness (QED) is 0.803. The third kappa shape index (κ3) is 3.34. The molecule has 1 spiro atoms. The van der Waals surface area contributed by atoms with Crippen LogP contribution in [-0.4, -0.2) is 60.1 Å². The number of rotatable bonds is 6. The van der Waals surface area contributed by atoms with Crippen LogP contribution >= 0.6 is 11.3 Å². The molecule has 1 amide bonds. The zero-order chi connectivity index (χ0) is 15.6. The predicted octanol–water partition coefficient (Wildman–Crippen LogP) is 1.99. The molecule has 0 bridgehead atoms. The Morgan fingerprint density at radius 1 is 1.55 bits per heavy atom. The van der Waals surface area contributed by atoms with Gasteiger partial charge in [0.05, 0.1) is 6.54 Å². The smallest absolute Gasteiger partial charge is 0.248 e. The van der Waals surface area contributed by atoms with Gasteiger partial charge in [0.2, 0.25) is 5.91 Å². The molecule has 1 aliphatic heterocycles. The largest absolute Gasteiger partial charge is 0.372 e. The Morgan fingerprint density at radius 2 is 2.32 bits per heavy atom. The minimum atomic E-state index is 0.144. The van der Waals surface area contributed by atoms with Crippen molar-refractivity contribution < 1.29 is 9.53 Å². The summed E-state index contributed by atoms with van der Waals surface area (Å²) in [5.74, 6) is 0.144. The molecule has 0 aromatic carbocycles. The highest BCUT2D eigenvalue weighted by Crippen LogP contribution is 2.56. The molecule has 6 heteroatoms. The first-order valence-electron chi connectivity index (χ1n) is 8.09. The lowest BCUT2D eigenvalue weighted by atomic mass is 9.92. The average molecular weight is 323 g/mol. The summed E-state index contributed by atoms with van der Waals surface area (Å²) >= 11 is 1.72. The molecule has 0 radical (unpaired) electrons. The minimum Gasteiger partial charge on any atom is -0.372 e. The van der Waals surface area contributed by atoms with Crippen LogP contribution in [0.4, 0.5) is 0 Å². The summed E-state index contributed by atoms with van der Waals surface area (Å²) in [7, 11) is 2.20. The highest BCUT2D eigenvalue weighted by atomic mass is 32.1. The molecule has 22 heavy (non-hydrogen) atoms. The van der Waals surface area contributed by atoms with Gasteiger partial charge >= 0.3 is 0 Å².